The molecule has 2 aliphatic rings. The molecule has 0 radical (unpaired) electrons. The van der Waals surface area contributed by atoms with E-state index >= 15 is 0 Å². The van der Waals surface area contributed by atoms with Crippen molar-refractivity contribution in [1.29, 1.82) is 0 Å². The number of hydrogen-bond acceptors (Lipinski definition) is 4. The van der Waals surface area contributed by atoms with Crippen LogP contribution in [-0.2, 0) is 11.3 Å². The number of carbonyl (C=O) groups is 2. The number of guanidine groups is 1. The standard InChI is InChI=1S/C24H38N6O2/c1-3-25-24(27-11-4-13-29-14-9-19(2)10-15-29)28-17-20-5-7-21(8-6-20)23(32)30-16-12-26-22(31)18-30/h5-8,19H,3-4,9-18H2,1-2H3,(H,26,31)(H2,25,27,28). The van der Waals surface area contributed by atoms with Gasteiger partial charge in [-0.05, 0) is 69.4 Å². The van der Waals surface area contributed by atoms with Crippen LogP contribution in [0, 0.1) is 5.92 Å². The van der Waals surface area contributed by atoms with Crippen molar-refractivity contribution in [2.75, 3.05) is 52.4 Å². The van der Waals surface area contributed by atoms with E-state index in [1.807, 2.05) is 24.3 Å². The second kappa shape index (κ2) is 12.4. The Bertz CT molecular complexity index is 771. The molecule has 2 saturated heterocycles. The molecule has 0 spiro atoms. The molecule has 0 saturated carbocycles. The van der Waals surface area contributed by atoms with E-state index in [0.717, 1.165) is 43.5 Å². The average molecular weight is 443 g/mol. The number of rotatable bonds is 8. The molecule has 0 aliphatic carbocycles. The average Bonchev–Trinajstić information content (AvgIpc) is 2.81. The Balaban J connectivity index is 1.44. The monoisotopic (exact) mass is 442 g/mol. The molecular weight excluding hydrogens is 404 g/mol. The lowest BCUT2D eigenvalue weighted by Crippen LogP contribution is -2.49. The molecule has 2 fully saturated rings. The molecule has 3 rings (SSSR count). The summed E-state index contributed by atoms with van der Waals surface area (Å²) < 4.78 is 0. The maximum absolute atomic E-state index is 12.6. The van der Waals surface area contributed by atoms with E-state index < -0.39 is 0 Å². The topological polar surface area (TPSA) is 89.1 Å². The molecular formula is C24H38N6O2. The molecule has 2 amide bonds. The van der Waals surface area contributed by atoms with Crippen LogP contribution in [0.15, 0.2) is 29.3 Å². The van der Waals surface area contributed by atoms with E-state index in [1.165, 1.54) is 25.9 Å². The predicted molar refractivity (Wildman–Crippen MR) is 128 cm³/mol. The highest BCUT2D eigenvalue weighted by Crippen LogP contribution is 2.15. The number of benzene rings is 1. The lowest BCUT2D eigenvalue weighted by atomic mass is 9.99. The Morgan fingerprint density at radius 1 is 1.16 bits per heavy atom. The number of carbonyl (C=O) groups excluding carboxylic acids is 2. The maximum Gasteiger partial charge on any atom is 0.254 e. The van der Waals surface area contributed by atoms with Gasteiger partial charge in [-0.15, -0.1) is 0 Å². The Labute approximate surface area is 191 Å². The Morgan fingerprint density at radius 2 is 1.91 bits per heavy atom. The molecule has 2 heterocycles. The zero-order chi connectivity index (χ0) is 22.8. The number of hydrogen-bond donors (Lipinski definition) is 3. The van der Waals surface area contributed by atoms with Crippen molar-refractivity contribution in [1.82, 2.24) is 25.8 Å². The fourth-order valence-corrected chi connectivity index (χ4v) is 4.05. The quantitative estimate of drug-likeness (QED) is 0.322. The van der Waals surface area contributed by atoms with Gasteiger partial charge in [0.2, 0.25) is 5.91 Å². The summed E-state index contributed by atoms with van der Waals surface area (Å²) in [5, 5.41) is 9.47. The van der Waals surface area contributed by atoms with Crippen LogP contribution in [0.5, 0.6) is 0 Å². The largest absolute Gasteiger partial charge is 0.357 e. The predicted octanol–water partition coefficient (Wildman–Crippen LogP) is 1.44. The molecule has 3 N–H and O–H groups in total. The summed E-state index contributed by atoms with van der Waals surface area (Å²) in [5.74, 6) is 1.48. The molecule has 8 nitrogen and oxygen atoms in total. The first-order valence-corrected chi connectivity index (χ1v) is 11.9. The lowest BCUT2D eigenvalue weighted by molar-refractivity contribution is -0.123. The first kappa shape index (κ1) is 24.0. The van der Waals surface area contributed by atoms with E-state index in [2.05, 4.69) is 39.7 Å². The number of aliphatic imine (C=N–C) groups is 1. The van der Waals surface area contributed by atoms with Crippen molar-refractivity contribution in [2.24, 2.45) is 10.9 Å². The van der Waals surface area contributed by atoms with Gasteiger partial charge < -0.3 is 25.8 Å². The molecule has 0 unspecified atom stereocenters. The molecule has 1 aromatic rings. The van der Waals surface area contributed by atoms with Gasteiger partial charge in [0.1, 0.15) is 0 Å². The van der Waals surface area contributed by atoms with Crippen LogP contribution in [-0.4, -0.2) is 79.9 Å². The number of piperazine rings is 1. The minimum absolute atomic E-state index is 0.104. The van der Waals surface area contributed by atoms with Crippen LogP contribution in [0.1, 0.15) is 49.0 Å². The van der Waals surface area contributed by atoms with Crippen molar-refractivity contribution in [3.8, 4) is 0 Å². The zero-order valence-corrected chi connectivity index (χ0v) is 19.5. The van der Waals surface area contributed by atoms with Crippen molar-refractivity contribution in [3.63, 3.8) is 0 Å². The van der Waals surface area contributed by atoms with Gasteiger partial charge in [0.15, 0.2) is 5.96 Å². The van der Waals surface area contributed by atoms with Crippen molar-refractivity contribution in [3.05, 3.63) is 35.4 Å². The molecule has 176 valence electrons. The van der Waals surface area contributed by atoms with E-state index in [-0.39, 0.29) is 18.4 Å². The van der Waals surface area contributed by atoms with Crippen molar-refractivity contribution >= 4 is 17.8 Å². The van der Waals surface area contributed by atoms with Gasteiger partial charge in [0.05, 0.1) is 13.1 Å². The highest BCUT2D eigenvalue weighted by atomic mass is 16.2. The Kier molecular flexibility index (Phi) is 9.34. The van der Waals surface area contributed by atoms with Gasteiger partial charge >= 0.3 is 0 Å². The molecule has 0 aromatic heterocycles. The molecule has 1 aromatic carbocycles. The lowest BCUT2D eigenvalue weighted by Gasteiger charge is -2.30. The van der Waals surface area contributed by atoms with Gasteiger partial charge in [-0.25, -0.2) is 4.99 Å². The van der Waals surface area contributed by atoms with Crippen LogP contribution in [0.25, 0.3) is 0 Å². The number of amides is 2. The summed E-state index contributed by atoms with van der Waals surface area (Å²) in [6.07, 6.45) is 3.73. The normalized spacial score (nSPS) is 18.4. The third-order valence-corrected chi connectivity index (χ3v) is 6.11. The van der Waals surface area contributed by atoms with Gasteiger partial charge in [-0.1, -0.05) is 19.1 Å². The molecule has 0 bridgehead atoms. The summed E-state index contributed by atoms with van der Waals surface area (Å²) in [7, 11) is 0. The summed E-state index contributed by atoms with van der Waals surface area (Å²) in [4.78, 5) is 32.9. The van der Waals surface area contributed by atoms with E-state index in [1.54, 1.807) is 4.90 Å². The van der Waals surface area contributed by atoms with E-state index in [0.29, 0.717) is 25.2 Å². The van der Waals surface area contributed by atoms with Gasteiger partial charge in [-0.3, -0.25) is 9.59 Å². The minimum atomic E-state index is -0.107. The third-order valence-electron chi connectivity index (χ3n) is 6.11. The smallest absolute Gasteiger partial charge is 0.254 e. The fourth-order valence-electron chi connectivity index (χ4n) is 4.05. The maximum atomic E-state index is 12.6. The van der Waals surface area contributed by atoms with Crippen LogP contribution in [0.3, 0.4) is 0 Å². The molecule has 32 heavy (non-hydrogen) atoms. The van der Waals surface area contributed by atoms with Gasteiger partial charge in [-0.2, -0.15) is 0 Å². The van der Waals surface area contributed by atoms with Crippen molar-refractivity contribution < 1.29 is 9.59 Å². The summed E-state index contributed by atoms with van der Waals surface area (Å²) >= 11 is 0. The summed E-state index contributed by atoms with van der Waals surface area (Å²) in [6, 6.07) is 7.50. The van der Waals surface area contributed by atoms with Gasteiger partial charge in [0.25, 0.3) is 5.91 Å². The molecule has 2 aliphatic heterocycles. The van der Waals surface area contributed by atoms with E-state index in [9.17, 15) is 9.59 Å². The number of nitrogens with zero attached hydrogens (tertiary/aromatic N) is 3. The Morgan fingerprint density at radius 3 is 2.59 bits per heavy atom. The van der Waals surface area contributed by atoms with Crippen LogP contribution in [0.2, 0.25) is 0 Å². The van der Waals surface area contributed by atoms with Gasteiger partial charge in [0, 0.05) is 31.7 Å². The van der Waals surface area contributed by atoms with Crippen molar-refractivity contribution in [2.45, 2.75) is 39.7 Å². The second-order valence-electron chi connectivity index (χ2n) is 8.77. The van der Waals surface area contributed by atoms with Crippen LogP contribution in [0.4, 0.5) is 0 Å². The Hall–Kier alpha value is -2.61. The van der Waals surface area contributed by atoms with Crippen LogP contribution < -0.4 is 16.0 Å². The molecule has 0 atom stereocenters. The highest BCUT2D eigenvalue weighted by Gasteiger charge is 2.22. The number of piperidine rings is 1. The first-order valence-electron chi connectivity index (χ1n) is 11.9. The SMILES string of the molecule is CCNC(=NCc1ccc(C(=O)N2CCNC(=O)C2)cc1)NCCCN1CCC(C)CC1. The summed E-state index contributed by atoms with van der Waals surface area (Å²) in [5.41, 5.74) is 1.64. The summed E-state index contributed by atoms with van der Waals surface area (Å²) in [6.45, 7) is 11.4. The number of likely N-dealkylation sites (tertiary alicyclic amines) is 1. The number of nitrogens with one attached hydrogen (secondary N) is 3. The fraction of sp³-hybridized carbons (Fsp3) is 0.625. The highest BCUT2D eigenvalue weighted by molar-refractivity contribution is 5.97. The zero-order valence-electron chi connectivity index (χ0n) is 19.5. The minimum Gasteiger partial charge on any atom is -0.357 e. The van der Waals surface area contributed by atoms with E-state index in [4.69, 9.17) is 0 Å². The van der Waals surface area contributed by atoms with Crippen LogP contribution >= 0.6 is 0 Å². The first-order chi connectivity index (χ1) is 15.5. The second-order valence-corrected chi connectivity index (χ2v) is 8.77. The third kappa shape index (κ3) is 7.51. The molecule has 8 heteroatoms.